The van der Waals surface area contributed by atoms with Gasteiger partial charge in [0.1, 0.15) is 4.21 Å². The van der Waals surface area contributed by atoms with Crippen molar-refractivity contribution < 1.29 is 13.3 Å². The number of anilines is 1. The highest BCUT2D eigenvalue weighted by Crippen LogP contribution is 2.40. The number of thiophene rings is 1. The lowest BCUT2D eigenvalue weighted by atomic mass is 10.2. The quantitative estimate of drug-likeness (QED) is 0.606. The number of nitro groups is 1. The van der Waals surface area contributed by atoms with E-state index >= 15 is 0 Å². The highest BCUT2D eigenvalue weighted by molar-refractivity contribution is 7.92. The molecule has 1 aromatic rings. The molecule has 0 saturated carbocycles. The third kappa shape index (κ3) is 3.42. The lowest BCUT2D eigenvalue weighted by Crippen LogP contribution is -2.28. The Hall–Kier alpha value is -1.66. The predicted octanol–water partition coefficient (Wildman–Crippen LogP) is 1.80. The van der Waals surface area contributed by atoms with Crippen molar-refractivity contribution in [3.05, 3.63) is 16.2 Å². The van der Waals surface area contributed by atoms with E-state index in [2.05, 4.69) is 0 Å². The number of hydrogen-bond acceptors (Lipinski definition) is 7. The van der Waals surface area contributed by atoms with Crippen LogP contribution in [-0.2, 0) is 9.84 Å². The first kappa shape index (κ1) is 15.4. The number of nitriles is 1. The van der Waals surface area contributed by atoms with Crippen LogP contribution in [0.5, 0.6) is 0 Å². The van der Waals surface area contributed by atoms with Crippen LogP contribution in [0.3, 0.4) is 0 Å². The van der Waals surface area contributed by atoms with E-state index in [0.717, 1.165) is 23.7 Å². The molecule has 0 saturated heterocycles. The molecule has 1 heterocycles. The number of hydrogen-bond donors (Lipinski definition) is 0. The van der Waals surface area contributed by atoms with Crippen LogP contribution in [0.15, 0.2) is 10.3 Å². The molecule has 0 radical (unpaired) electrons. The first-order valence-corrected chi connectivity index (χ1v) is 7.97. The Morgan fingerprint density at radius 1 is 1.63 bits per heavy atom. The monoisotopic (exact) mass is 303 g/mol. The first-order valence-electron chi connectivity index (χ1n) is 5.26. The topological polar surface area (TPSA) is 104 Å². The average molecular weight is 303 g/mol. The van der Waals surface area contributed by atoms with Gasteiger partial charge in [0.25, 0.3) is 0 Å². The predicted molar refractivity (Wildman–Crippen MR) is 72.2 cm³/mol. The van der Waals surface area contributed by atoms with E-state index in [1.165, 1.54) is 0 Å². The Balaban J connectivity index is 3.30. The molecule has 0 unspecified atom stereocenters. The Morgan fingerprint density at radius 3 is 2.63 bits per heavy atom. The molecule has 0 fully saturated rings. The van der Waals surface area contributed by atoms with Crippen molar-refractivity contribution in [3.8, 4) is 6.07 Å². The van der Waals surface area contributed by atoms with Gasteiger partial charge >= 0.3 is 5.69 Å². The molecule has 1 aromatic heterocycles. The summed E-state index contributed by atoms with van der Waals surface area (Å²) in [5.41, 5.74) is -0.252. The second-order valence-electron chi connectivity index (χ2n) is 4.11. The summed E-state index contributed by atoms with van der Waals surface area (Å²) in [6.07, 6.45) is 1.20. The van der Waals surface area contributed by atoms with E-state index in [1.807, 2.05) is 6.07 Å². The molecular formula is C10H13N3O4S2. The van der Waals surface area contributed by atoms with Gasteiger partial charge in [-0.15, -0.1) is 0 Å². The highest BCUT2D eigenvalue weighted by Gasteiger charge is 2.27. The maximum atomic E-state index is 11.5. The summed E-state index contributed by atoms with van der Waals surface area (Å²) < 4.78 is 22.9. The Bertz CT molecular complexity index is 630. The second kappa shape index (κ2) is 5.54. The molecule has 0 aromatic carbocycles. The molecule has 104 valence electrons. The summed E-state index contributed by atoms with van der Waals surface area (Å²) in [7, 11) is -1.88. The first-order chi connectivity index (χ1) is 8.68. The molecular weight excluding hydrogens is 290 g/mol. The van der Waals surface area contributed by atoms with Crippen molar-refractivity contribution in [1.82, 2.24) is 0 Å². The van der Waals surface area contributed by atoms with Crippen molar-refractivity contribution in [2.45, 2.75) is 23.6 Å². The normalized spacial score (nSPS) is 12.7. The molecule has 1 atom stereocenters. The number of nitrogens with zero attached hydrogens (tertiary/aromatic N) is 3. The fourth-order valence-electron chi connectivity index (χ4n) is 1.39. The van der Waals surface area contributed by atoms with Gasteiger partial charge in [-0.2, -0.15) is 5.26 Å². The zero-order valence-electron chi connectivity index (χ0n) is 10.7. The fraction of sp³-hybridized carbons (Fsp3) is 0.500. The van der Waals surface area contributed by atoms with Gasteiger partial charge in [-0.25, -0.2) is 8.42 Å². The van der Waals surface area contributed by atoms with Gasteiger partial charge in [-0.05, 0) is 6.92 Å². The van der Waals surface area contributed by atoms with Gasteiger partial charge in [-0.1, -0.05) is 11.3 Å². The van der Waals surface area contributed by atoms with Crippen LogP contribution in [0, 0.1) is 21.4 Å². The third-order valence-electron chi connectivity index (χ3n) is 2.60. The maximum absolute atomic E-state index is 11.5. The standard InChI is InChI=1S/C10H13N3O4S2/c1-7(4-5-11)12(2)10-8(13(14)15)6-9(18-10)19(3,16)17/h6-7H,4H2,1-3H3/t7-/m0/s1. The van der Waals surface area contributed by atoms with Crippen LogP contribution in [-0.4, -0.2) is 32.7 Å². The SMILES string of the molecule is C[C@@H](CC#N)N(C)c1sc(S(C)(=O)=O)cc1[N+](=O)[O-]. The minimum Gasteiger partial charge on any atom is -0.357 e. The van der Waals surface area contributed by atoms with Crippen molar-refractivity contribution in [2.75, 3.05) is 18.2 Å². The van der Waals surface area contributed by atoms with Crippen LogP contribution in [0.4, 0.5) is 10.7 Å². The second-order valence-corrected chi connectivity index (χ2v) is 7.38. The fourth-order valence-corrected chi connectivity index (χ4v) is 3.48. The maximum Gasteiger partial charge on any atom is 0.305 e. The molecule has 0 N–H and O–H groups in total. The van der Waals surface area contributed by atoms with E-state index in [0.29, 0.717) is 0 Å². The van der Waals surface area contributed by atoms with Crippen LogP contribution in [0.25, 0.3) is 0 Å². The molecule has 0 bridgehead atoms. The molecule has 7 nitrogen and oxygen atoms in total. The van der Waals surface area contributed by atoms with E-state index in [9.17, 15) is 18.5 Å². The molecule has 0 aliphatic carbocycles. The average Bonchev–Trinajstić information content (AvgIpc) is 2.72. The van der Waals surface area contributed by atoms with E-state index < -0.39 is 14.8 Å². The number of sulfone groups is 1. The molecule has 0 amide bonds. The van der Waals surface area contributed by atoms with Crippen LogP contribution in [0.1, 0.15) is 13.3 Å². The zero-order valence-corrected chi connectivity index (χ0v) is 12.3. The van der Waals surface area contributed by atoms with Crippen molar-refractivity contribution in [1.29, 1.82) is 5.26 Å². The van der Waals surface area contributed by atoms with E-state index in [4.69, 9.17) is 5.26 Å². The smallest absolute Gasteiger partial charge is 0.305 e. The van der Waals surface area contributed by atoms with Gasteiger partial charge in [0.15, 0.2) is 14.8 Å². The summed E-state index contributed by atoms with van der Waals surface area (Å²) in [6.45, 7) is 1.74. The lowest BCUT2D eigenvalue weighted by Gasteiger charge is -2.22. The van der Waals surface area contributed by atoms with Crippen molar-refractivity contribution >= 4 is 31.9 Å². The third-order valence-corrected chi connectivity index (χ3v) is 5.62. The summed E-state index contributed by atoms with van der Waals surface area (Å²) in [6, 6.07) is 2.80. The minimum atomic E-state index is -3.49. The summed E-state index contributed by atoms with van der Waals surface area (Å²) in [5, 5.41) is 19.9. The van der Waals surface area contributed by atoms with Gasteiger partial charge in [0.05, 0.1) is 17.4 Å². The zero-order chi connectivity index (χ0) is 14.8. The summed E-state index contributed by atoms with van der Waals surface area (Å²) in [5.74, 6) is 0. The highest BCUT2D eigenvalue weighted by atomic mass is 32.2. The van der Waals surface area contributed by atoms with E-state index in [-0.39, 0.29) is 27.4 Å². The summed E-state index contributed by atoms with van der Waals surface area (Å²) in [4.78, 5) is 11.9. The Kier molecular flexibility index (Phi) is 4.49. The van der Waals surface area contributed by atoms with Crippen LogP contribution < -0.4 is 4.90 Å². The largest absolute Gasteiger partial charge is 0.357 e. The van der Waals surface area contributed by atoms with Gasteiger partial charge < -0.3 is 4.90 Å². The Morgan fingerprint density at radius 2 is 2.21 bits per heavy atom. The van der Waals surface area contributed by atoms with Gasteiger partial charge in [0, 0.05) is 25.4 Å². The molecule has 1 rings (SSSR count). The minimum absolute atomic E-state index is 0.0507. The molecule has 19 heavy (non-hydrogen) atoms. The Labute approximate surface area is 115 Å². The lowest BCUT2D eigenvalue weighted by molar-refractivity contribution is -0.383. The number of rotatable bonds is 5. The molecule has 9 heteroatoms. The van der Waals surface area contributed by atoms with E-state index in [1.54, 1.807) is 18.9 Å². The van der Waals surface area contributed by atoms with Gasteiger partial charge in [0.2, 0.25) is 0 Å². The molecule has 0 aliphatic heterocycles. The van der Waals surface area contributed by atoms with Gasteiger partial charge in [-0.3, -0.25) is 10.1 Å². The molecule has 0 aliphatic rings. The summed E-state index contributed by atoms with van der Waals surface area (Å²) >= 11 is 0.844. The van der Waals surface area contributed by atoms with Crippen molar-refractivity contribution in [2.24, 2.45) is 0 Å². The van der Waals surface area contributed by atoms with Crippen molar-refractivity contribution in [3.63, 3.8) is 0 Å². The molecule has 0 spiro atoms. The van der Waals surface area contributed by atoms with Crippen LogP contribution >= 0.6 is 11.3 Å². The van der Waals surface area contributed by atoms with Crippen LogP contribution in [0.2, 0.25) is 0 Å².